The van der Waals surface area contributed by atoms with Gasteiger partial charge in [0.2, 0.25) is 0 Å². The zero-order chi connectivity index (χ0) is 54.9. The highest BCUT2D eigenvalue weighted by molar-refractivity contribution is 5.87. The summed E-state index contributed by atoms with van der Waals surface area (Å²) in [6.45, 7) is 5.73. The van der Waals surface area contributed by atoms with Gasteiger partial charge in [-0.05, 0) is 98.1 Å². The summed E-state index contributed by atoms with van der Waals surface area (Å²) >= 11 is 0. The van der Waals surface area contributed by atoms with Crippen LogP contribution < -0.4 is 33.5 Å². The number of aromatic nitrogens is 9. The van der Waals surface area contributed by atoms with Crippen LogP contribution in [0.5, 0.6) is 0 Å². The molecule has 400 valence electrons. The first kappa shape index (κ1) is 58.0. The van der Waals surface area contributed by atoms with Gasteiger partial charge in [-0.3, -0.25) is 28.1 Å². The number of halogens is 2. The van der Waals surface area contributed by atoms with Gasteiger partial charge in [-0.2, -0.15) is 0 Å². The van der Waals surface area contributed by atoms with Crippen LogP contribution in [0.15, 0.2) is 179 Å². The van der Waals surface area contributed by atoms with Gasteiger partial charge in [-0.1, -0.05) is 91.0 Å². The van der Waals surface area contributed by atoms with Gasteiger partial charge in [0.15, 0.2) is 5.82 Å². The number of hydrogen-bond donors (Lipinski definition) is 4. The van der Waals surface area contributed by atoms with Crippen molar-refractivity contribution >= 4 is 74.4 Å². The summed E-state index contributed by atoms with van der Waals surface area (Å²) < 4.78 is 4.77. The standard InChI is InChI=1S/C25H20N6O.2C19H17N3O.2ClH/c1-3-8-20(29-23-22-19(13-14-26-23)27-15-28-22)24-30-18-12-7-9-16(2)21(18)25(32)31(24)17-10-5-4-6-11-17;2*1-3-8-15(20)18-21-16-12-7-9-13(2)17(16)19(23)22(18)14-10-5-4-6-11-14;;/h1,4-7,9-15,20H,8H2,2H3,(H,26,29)(H,27,28);2*1,4-7,9-12,15H,8,20H2,2H3;2*1H. The summed E-state index contributed by atoms with van der Waals surface area (Å²) in [4.78, 5) is 66.0. The molecule has 0 saturated carbocycles. The van der Waals surface area contributed by atoms with E-state index in [1.54, 1.807) is 26.2 Å². The van der Waals surface area contributed by atoms with E-state index >= 15 is 0 Å². The van der Waals surface area contributed by atoms with E-state index in [9.17, 15) is 14.4 Å². The maximum atomic E-state index is 13.7. The van der Waals surface area contributed by atoms with E-state index in [1.807, 2.05) is 172 Å². The summed E-state index contributed by atoms with van der Waals surface area (Å²) in [6, 6.07) is 45.5. The van der Waals surface area contributed by atoms with Crippen LogP contribution in [-0.4, -0.2) is 43.6 Å². The number of rotatable bonds is 11. The number of nitrogens with zero attached hydrogens (tertiary/aromatic N) is 8. The smallest absolute Gasteiger partial charge is 0.266 e. The van der Waals surface area contributed by atoms with Gasteiger partial charge < -0.3 is 21.8 Å². The van der Waals surface area contributed by atoms with Crippen LogP contribution in [0, 0.1) is 57.8 Å². The Morgan fingerprint density at radius 2 is 0.875 bits per heavy atom. The second-order valence-electron chi connectivity index (χ2n) is 18.3. The SMILES string of the molecule is C#CCC(N)c1nc2cccc(C)c2c(=O)n1-c1ccccc1.C#CCC(N)c1nc2cccc(C)c2c(=O)n1-c1ccccc1.C#CCC(Nc1nccc2[nH]cnc12)c1nc2cccc(C)c2c(=O)n1-c1ccccc1.Cl.Cl. The number of nitrogens with one attached hydrogen (secondary N) is 2. The number of aromatic amines is 1. The molecule has 3 atom stereocenters. The number of para-hydroxylation sites is 3. The number of fused-ring (bicyclic) bond motifs is 4. The highest BCUT2D eigenvalue weighted by atomic mass is 35.5. The molecule has 80 heavy (non-hydrogen) atoms. The molecule has 0 aliphatic heterocycles. The topological polar surface area (TPSA) is 210 Å². The van der Waals surface area contributed by atoms with Crippen molar-refractivity contribution in [2.45, 2.75) is 58.2 Å². The monoisotopic (exact) mass is 1100 g/mol. The molecule has 0 amide bonds. The Morgan fingerprint density at radius 1 is 0.500 bits per heavy atom. The minimum Gasteiger partial charge on any atom is -0.357 e. The molecule has 5 aromatic heterocycles. The number of pyridine rings is 1. The molecular formula is C63H56Cl2N12O3. The lowest BCUT2D eigenvalue weighted by molar-refractivity contribution is 0.658. The van der Waals surface area contributed by atoms with Gasteiger partial charge in [-0.25, -0.2) is 24.9 Å². The van der Waals surface area contributed by atoms with Crippen LogP contribution in [0.2, 0.25) is 0 Å². The number of benzene rings is 6. The third-order valence-corrected chi connectivity index (χ3v) is 13.1. The van der Waals surface area contributed by atoms with E-state index in [2.05, 4.69) is 48.0 Å². The van der Waals surface area contributed by atoms with Crippen LogP contribution in [0.25, 0.3) is 60.8 Å². The van der Waals surface area contributed by atoms with Crippen LogP contribution in [0.4, 0.5) is 5.82 Å². The van der Waals surface area contributed by atoms with Gasteiger partial charge in [0, 0.05) is 25.5 Å². The molecule has 0 saturated heterocycles. The molecule has 0 radical (unpaired) electrons. The quantitative estimate of drug-likeness (QED) is 0.0895. The molecule has 5 heterocycles. The first-order valence-corrected chi connectivity index (χ1v) is 25.0. The highest BCUT2D eigenvalue weighted by Gasteiger charge is 2.24. The molecule has 0 aliphatic rings. The highest BCUT2D eigenvalue weighted by Crippen LogP contribution is 2.28. The van der Waals surface area contributed by atoms with Crippen molar-refractivity contribution in [3.8, 4) is 54.1 Å². The van der Waals surface area contributed by atoms with E-state index in [1.165, 1.54) is 0 Å². The number of imidazole rings is 1. The minimum atomic E-state index is -0.502. The Labute approximate surface area is 474 Å². The van der Waals surface area contributed by atoms with E-state index in [0.717, 1.165) is 39.3 Å². The van der Waals surface area contributed by atoms with Crippen LogP contribution in [0.3, 0.4) is 0 Å². The van der Waals surface area contributed by atoms with E-state index < -0.39 is 18.1 Å². The molecule has 6 aromatic carbocycles. The number of hydrogen-bond acceptors (Lipinski definition) is 11. The number of anilines is 1. The lowest BCUT2D eigenvalue weighted by Gasteiger charge is -2.22. The van der Waals surface area contributed by atoms with Crippen LogP contribution in [0.1, 0.15) is 71.6 Å². The fraction of sp³-hybridized carbons (Fsp3) is 0.143. The average Bonchev–Trinajstić information content (AvgIpc) is 4.00. The van der Waals surface area contributed by atoms with Gasteiger partial charge in [0.1, 0.15) is 23.0 Å². The van der Waals surface area contributed by atoms with Crippen molar-refractivity contribution in [2.24, 2.45) is 11.5 Å². The second-order valence-corrected chi connectivity index (χ2v) is 18.3. The molecule has 3 unspecified atom stereocenters. The molecule has 0 fully saturated rings. The van der Waals surface area contributed by atoms with Crippen LogP contribution in [-0.2, 0) is 0 Å². The van der Waals surface area contributed by atoms with Crippen LogP contribution >= 0.6 is 24.8 Å². The second kappa shape index (κ2) is 26.1. The van der Waals surface area contributed by atoms with Crippen molar-refractivity contribution in [1.82, 2.24) is 43.6 Å². The lowest BCUT2D eigenvalue weighted by Crippen LogP contribution is -2.28. The molecule has 6 N–H and O–H groups in total. The normalized spacial score (nSPS) is 11.7. The summed E-state index contributed by atoms with van der Waals surface area (Å²) in [5, 5.41) is 5.18. The van der Waals surface area contributed by atoms with E-state index in [4.69, 9.17) is 35.7 Å². The van der Waals surface area contributed by atoms with Gasteiger partial charge in [0.05, 0.1) is 79.7 Å². The largest absolute Gasteiger partial charge is 0.357 e. The zero-order valence-electron chi connectivity index (χ0n) is 43.9. The van der Waals surface area contributed by atoms with Gasteiger partial charge in [0.25, 0.3) is 16.7 Å². The third-order valence-electron chi connectivity index (χ3n) is 13.1. The molecule has 0 bridgehead atoms. The van der Waals surface area contributed by atoms with Crippen molar-refractivity contribution < 1.29 is 0 Å². The first-order valence-electron chi connectivity index (χ1n) is 25.0. The molecule has 15 nitrogen and oxygen atoms in total. The summed E-state index contributed by atoms with van der Waals surface area (Å²) in [6.07, 6.45) is 20.7. The van der Waals surface area contributed by atoms with Gasteiger partial charge >= 0.3 is 0 Å². The first-order chi connectivity index (χ1) is 37.9. The van der Waals surface area contributed by atoms with E-state index in [0.29, 0.717) is 80.8 Å². The fourth-order valence-corrected chi connectivity index (χ4v) is 9.35. The molecule has 11 rings (SSSR count). The Kier molecular flexibility index (Phi) is 18.9. The molecule has 0 aliphatic carbocycles. The summed E-state index contributed by atoms with van der Waals surface area (Å²) in [5.41, 5.74) is 20.3. The number of H-pyrrole nitrogens is 1. The van der Waals surface area contributed by atoms with Crippen molar-refractivity contribution in [3.63, 3.8) is 0 Å². The number of nitrogens with two attached hydrogens (primary N) is 2. The maximum absolute atomic E-state index is 13.7. The predicted molar refractivity (Wildman–Crippen MR) is 325 cm³/mol. The Hall–Kier alpha value is -9.66. The minimum absolute atomic E-state index is 0. The predicted octanol–water partition coefficient (Wildman–Crippen LogP) is 10.4. The maximum Gasteiger partial charge on any atom is 0.266 e. The Balaban J connectivity index is 0.000000175. The Morgan fingerprint density at radius 3 is 1.26 bits per heavy atom. The average molecular weight is 1100 g/mol. The molecule has 11 aromatic rings. The van der Waals surface area contributed by atoms with Gasteiger partial charge in [-0.15, -0.1) is 61.8 Å². The number of aryl methyl sites for hydroxylation is 3. The lowest BCUT2D eigenvalue weighted by atomic mass is 10.1. The number of terminal acetylenes is 3. The Bertz CT molecular complexity index is 4150. The van der Waals surface area contributed by atoms with Crippen molar-refractivity contribution in [2.75, 3.05) is 5.32 Å². The van der Waals surface area contributed by atoms with Crippen molar-refractivity contribution in [3.05, 3.63) is 229 Å². The van der Waals surface area contributed by atoms with E-state index in [-0.39, 0.29) is 41.5 Å². The summed E-state index contributed by atoms with van der Waals surface area (Å²) in [7, 11) is 0. The summed E-state index contributed by atoms with van der Waals surface area (Å²) in [5.74, 6) is 9.86. The molecular weight excluding hydrogens is 1040 g/mol. The fourth-order valence-electron chi connectivity index (χ4n) is 9.35. The molecule has 0 spiro atoms. The molecule has 17 heteroatoms. The zero-order valence-corrected chi connectivity index (χ0v) is 45.6. The third kappa shape index (κ3) is 11.9. The van der Waals surface area contributed by atoms with Crippen molar-refractivity contribution in [1.29, 1.82) is 0 Å².